The van der Waals surface area contributed by atoms with Gasteiger partial charge in [-0.25, -0.2) is 0 Å². The van der Waals surface area contributed by atoms with Gasteiger partial charge in [0.05, 0.1) is 0 Å². The summed E-state index contributed by atoms with van der Waals surface area (Å²) < 4.78 is 0. The van der Waals surface area contributed by atoms with E-state index in [2.05, 4.69) is 60.0 Å². The first-order valence-corrected chi connectivity index (χ1v) is 6.93. The van der Waals surface area contributed by atoms with E-state index in [0.717, 1.165) is 13.1 Å². The van der Waals surface area contributed by atoms with Crippen molar-refractivity contribution in [3.8, 4) is 0 Å². The molecule has 1 aliphatic heterocycles. The van der Waals surface area contributed by atoms with Crippen LogP contribution in [0.25, 0.3) is 0 Å². The molecule has 100 valence electrons. The van der Waals surface area contributed by atoms with Crippen LogP contribution < -0.4 is 10.6 Å². The molecule has 1 aromatic rings. The van der Waals surface area contributed by atoms with Crippen molar-refractivity contribution in [1.29, 1.82) is 0 Å². The van der Waals surface area contributed by atoms with Gasteiger partial charge in [0.15, 0.2) is 0 Å². The van der Waals surface area contributed by atoms with Crippen molar-refractivity contribution in [1.82, 2.24) is 15.5 Å². The zero-order chi connectivity index (χ0) is 12.8. The van der Waals surface area contributed by atoms with Gasteiger partial charge in [-0.05, 0) is 39.0 Å². The number of likely N-dealkylation sites (N-methyl/N-ethyl adjacent to an activating group) is 1. The Morgan fingerprint density at radius 3 is 2.72 bits per heavy atom. The molecule has 2 unspecified atom stereocenters. The normalized spacial score (nSPS) is 21.4. The lowest BCUT2D eigenvalue weighted by Crippen LogP contribution is -2.38. The van der Waals surface area contributed by atoms with E-state index < -0.39 is 0 Å². The number of rotatable bonds is 6. The maximum atomic E-state index is 3.60. The predicted molar refractivity (Wildman–Crippen MR) is 76.8 cm³/mol. The van der Waals surface area contributed by atoms with Gasteiger partial charge in [0.1, 0.15) is 0 Å². The zero-order valence-electron chi connectivity index (χ0n) is 11.5. The van der Waals surface area contributed by atoms with Gasteiger partial charge in [0.2, 0.25) is 0 Å². The van der Waals surface area contributed by atoms with Gasteiger partial charge in [0.25, 0.3) is 0 Å². The summed E-state index contributed by atoms with van der Waals surface area (Å²) in [6.45, 7) is 3.27. The second-order valence-corrected chi connectivity index (χ2v) is 5.34. The molecule has 2 rings (SSSR count). The highest BCUT2D eigenvalue weighted by atomic mass is 15.1. The highest BCUT2D eigenvalue weighted by molar-refractivity contribution is 5.19. The molecule has 2 atom stereocenters. The maximum absolute atomic E-state index is 3.60. The third-order valence-corrected chi connectivity index (χ3v) is 3.70. The van der Waals surface area contributed by atoms with Crippen molar-refractivity contribution in [3.63, 3.8) is 0 Å². The van der Waals surface area contributed by atoms with Gasteiger partial charge in [-0.1, -0.05) is 30.3 Å². The topological polar surface area (TPSA) is 27.3 Å². The molecule has 3 heteroatoms. The molecule has 1 aliphatic rings. The Balaban J connectivity index is 1.83. The van der Waals surface area contributed by atoms with E-state index in [9.17, 15) is 0 Å². The molecule has 0 saturated carbocycles. The minimum atomic E-state index is 0.451. The predicted octanol–water partition coefficient (Wildman–Crippen LogP) is 1.63. The largest absolute Gasteiger partial charge is 0.313 e. The number of nitrogens with one attached hydrogen (secondary N) is 2. The van der Waals surface area contributed by atoms with Crippen LogP contribution in [0.2, 0.25) is 0 Å². The zero-order valence-corrected chi connectivity index (χ0v) is 11.5. The summed E-state index contributed by atoms with van der Waals surface area (Å²) in [5.74, 6) is 0. The fraction of sp³-hybridized carbons (Fsp3) is 0.600. The first-order valence-electron chi connectivity index (χ1n) is 6.93. The molecule has 2 N–H and O–H groups in total. The summed E-state index contributed by atoms with van der Waals surface area (Å²) in [6, 6.07) is 11.8. The van der Waals surface area contributed by atoms with Crippen molar-refractivity contribution in [2.45, 2.75) is 24.9 Å². The smallest absolute Gasteiger partial charge is 0.0466 e. The van der Waals surface area contributed by atoms with E-state index in [1.165, 1.54) is 24.9 Å². The summed E-state index contributed by atoms with van der Waals surface area (Å²) in [5.41, 5.74) is 1.38. The maximum Gasteiger partial charge on any atom is 0.0466 e. The third kappa shape index (κ3) is 3.80. The number of hydrogen-bond acceptors (Lipinski definition) is 3. The summed E-state index contributed by atoms with van der Waals surface area (Å²) in [4.78, 5) is 2.28. The number of nitrogens with zero attached hydrogens (tertiary/aromatic N) is 1. The monoisotopic (exact) mass is 247 g/mol. The van der Waals surface area contributed by atoms with E-state index in [0.29, 0.717) is 12.1 Å². The van der Waals surface area contributed by atoms with Crippen molar-refractivity contribution < 1.29 is 0 Å². The summed E-state index contributed by atoms with van der Waals surface area (Å²) >= 11 is 0. The van der Waals surface area contributed by atoms with Crippen LogP contribution in [0, 0.1) is 0 Å². The van der Waals surface area contributed by atoms with Crippen LogP contribution in [0.15, 0.2) is 30.3 Å². The summed E-state index contributed by atoms with van der Waals surface area (Å²) in [5, 5.41) is 7.13. The van der Waals surface area contributed by atoms with Crippen LogP contribution in [0.5, 0.6) is 0 Å². The lowest BCUT2D eigenvalue weighted by molar-refractivity contribution is 0.286. The minimum Gasteiger partial charge on any atom is -0.313 e. The second-order valence-electron chi connectivity index (χ2n) is 5.34. The molecule has 0 aromatic heterocycles. The van der Waals surface area contributed by atoms with Gasteiger partial charge in [-0.15, -0.1) is 0 Å². The van der Waals surface area contributed by atoms with E-state index >= 15 is 0 Å². The first kappa shape index (κ1) is 13.5. The van der Waals surface area contributed by atoms with Crippen molar-refractivity contribution in [2.24, 2.45) is 0 Å². The van der Waals surface area contributed by atoms with Gasteiger partial charge in [0, 0.05) is 25.2 Å². The molecular formula is C15H25N3. The van der Waals surface area contributed by atoms with Crippen LogP contribution in [0.1, 0.15) is 24.4 Å². The molecule has 18 heavy (non-hydrogen) atoms. The van der Waals surface area contributed by atoms with Crippen LogP contribution in [0.3, 0.4) is 0 Å². The van der Waals surface area contributed by atoms with E-state index in [-0.39, 0.29) is 0 Å². The van der Waals surface area contributed by atoms with Gasteiger partial charge < -0.3 is 15.5 Å². The van der Waals surface area contributed by atoms with Crippen LogP contribution in [-0.4, -0.2) is 44.7 Å². The number of benzene rings is 1. The Kier molecular flexibility index (Phi) is 5.17. The van der Waals surface area contributed by atoms with E-state index in [1.54, 1.807) is 0 Å². The Morgan fingerprint density at radius 1 is 1.33 bits per heavy atom. The van der Waals surface area contributed by atoms with Crippen molar-refractivity contribution >= 4 is 0 Å². The Labute approximate surface area is 111 Å². The van der Waals surface area contributed by atoms with Gasteiger partial charge in [-0.3, -0.25) is 0 Å². The van der Waals surface area contributed by atoms with Crippen LogP contribution in [0.4, 0.5) is 0 Å². The standard InChI is InChI=1S/C15H25N3/c1-18(2)15(13-7-4-3-5-8-13)12-16-11-14-9-6-10-17-14/h3-5,7-8,14-17H,6,9-12H2,1-2H3. The molecule has 0 aliphatic carbocycles. The molecule has 0 bridgehead atoms. The molecule has 0 radical (unpaired) electrons. The molecule has 0 amide bonds. The molecular weight excluding hydrogens is 222 g/mol. The number of hydrogen-bond donors (Lipinski definition) is 2. The van der Waals surface area contributed by atoms with E-state index in [1.807, 2.05) is 0 Å². The molecule has 1 fully saturated rings. The Morgan fingerprint density at radius 2 is 2.11 bits per heavy atom. The first-order chi connectivity index (χ1) is 8.77. The van der Waals surface area contributed by atoms with E-state index in [4.69, 9.17) is 0 Å². The second kappa shape index (κ2) is 6.88. The fourth-order valence-corrected chi connectivity index (χ4v) is 2.60. The van der Waals surface area contributed by atoms with Crippen LogP contribution in [-0.2, 0) is 0 Å². The SMILES string of the molecule is CN(C)C(CNCC1CCCN1)c1ccccc1. The van der Waals surface area contributed by atoms with Crippen molar-refractivity contribution in [2.75, 3.05) is 33.7 Å². The average molecular weight is 247 g/mol. The quantitative estimate of drug-likeness (QED) is 0.800. The molecule has 1 saturated heterocycles. The fourth-order valence-electron chi connectivity index (χ4n) is 2.60. The summed E-state index contributed by atoms with van der Waals surface area (Å²) in [6.07, 6.45) is 2.63. The lowest BCUT2D eigenvalue weighted by atomic mass is 10.1. The third-order valence-electron chi connectivity index (χ3n) is 3.70. The van der Waals surface area contributed by atoms with Crippen LogP contribution >= 0.6 is 0 Å². The molecule has 1 aromatic carbocycles. The van der Waals surface area contributed by atoms with Gasteiger partial charge >= 0.3 is 0 Å². The van der Waals surface area contributed by atoms with Crippen molar-refractivity contribution in [3.05, 3.63) is 35.9 Å². The summed E-state index contributed by atoms with van der Waals surface area (Å²) in [7, 11) is 4.29. The lowest BCUT2D eigenvalue weighted by Gasteiger charge is -2.26. The Bertz CT molecular complexity index is 331. The molecule has 3 nitrogen and oxygen atoms in total. The highest BCUT2D eigenvalue weighted by Gasteiger charge is 2.16. The average Bonchev–Trinajstić information content (AvgIpc) is 2.88. The van der Waals surface area contributed by atoms with Gasteiger partial charge in [-0.2, -0.15) is 0 Å². The minimum absolute atomic E-state index is 0.451. The molecule has 1 heterocycles. The molecule has 0 spiro atoms. The highest BCUT2D eigenvalue weighted by Crippen LogP contribution is 2.16. The Hall–Kier alpha value is -0.900.